The molecule has 1 aliphatic rings. The molecule has 5 nitrogen and oxygen atoms in total. The minimum absolute atomic E-state index is 0.0976. The molecule has 0 aromatic heterocycles. The van der Waals surface area contributed by atoms with E-state index in [-0.39, 0.29) is 6.04 Å². The normalized spacial score (nSPS) is 16.0. The van der Waals surface area contributed by atoms with Crippen molar-refractivity contribution >= 4 is 0 Å². The van der Waals surface area contributed by atoms with Crippen LogP contribution in [-0.2, 0) is 0 Å². The van der Waals surface area contributed by atoms with Crippen molar-refractivity contribution in [2.24, 2.45) is 0 Å². The van der Waals surface area contributed by atoms with Crippen LogP contribution in [0.3, 0.4) is 0 Å². The van der Waals surface area contributed by atoms with Crippen LogP contribution in [0.25, 0.3) is 0 Å². The van der Waals surface area contributed by atoms with Gasteiger partial charge in [0.25, 0.3) is 0 Å². The van der Waals surface area contributed by atoms with E-state index in [0.29, 0.717) is 5.75 Å². The van der Waals surface area contributed by atoms with E-state index in [0.717, 1.165) is 43.2 Å². The van der Waals surface area contributed by atoms with Gasteiger partial charge in [-0.15, -0.1) is 0 Å². The molecular weight excluding hydrogens is 340 g/mol. The maximum atomic E-state index is 5.76. The number of piperazine rings is 1. The highest BCUT2D eigenvalue weighted by Gasteiger charge is 2.28. The molecule has 27 heavy (non-hydrogen) atoms. The van der Waals surface area contributed by atoms with E-state index in [1.807, 2.05) is 6.07 Å². The van der Waals surface area contributed by atoms with Crippen LogP contribution in [0, 0.1) is 13.8 Å². The highest BCUT2D eigenvalue weighted by atomic mass is 16.5. The quantitative estimate of drug-likeness (QED) is 0.845. The highest BCUT2D eigenvalue weighted by molar-refractivity contribution is 5.54. The van der Waals surface area contributed by atoms with Crippen LogP contribution in [0.15, 0.2) is 30.3 Å². The lowest BCUT2D eigenvalue weighted by molar-refractivity contribution is 0.195. The van der Waals surface area contributed by atoms with E-state index in [4.69, 9.17) is 14.2 Å². The number of methoxy groups -OCH3 is 3. The molecule has 146 valence electrons. The van der Waals surface area contributed by atoms with Crippen LogP contribution in [0.5, 0.6) is 17.2 Å². The van der Waals surface area contributed by atoms with Gasteiger partial charge in [-0.3, -0.25) is 4.90 Å². The zero-order valence-corrected chi connectivity index (χ0v) is 17.0. The molecule has 5 heteroatoms. The van der Waals surface area contributed by atoms with Crippen LogP contribution < -0.4 is 19.5 Å². The molecule has 0 saturated carbocycles. The van der Waals surface area contributed by atoms with Crippen molar-refractivity contribution in [1.82, 2.24) is 10.2 Å². The molecule has 0 amide bonds. The first kappa shape index (κ1) is 19.5. The molecule has 3 rings (SSSR count). The second-order valence-electron chi connectivity index (χ2n) is 7.06. The Morgan fingerprint density at radius 1 is 0.778 bits per heavy atom. The Labute approximate surface area is 162 Å². The summed E-state index contributed by atoms with van der Waals surface area (Å²) in [6.45, 7) is 8.23. The molecular formula is C22H30N2O3. The summed E-state index contributed by atoms with van der Waals surface area (Å²) in [6.07, 6.45) is 0. The number of aryl methyl sites for hydroxylation is 2. The Balaban J connectivity index is 2.17. The minimum atomic E-state index is 0.0976. The lowest BCUT2D eigenvalue weighted by Crippen LogP contribution is -2.45. The molecule has 0 bridgehead atoms. The number of rotatable bonds is 6. The first-order valence-corrected chi connectivity index (χ1v) is 9.40. The van der Waals surface area contributed by atoms with Crippen LogP contribution >= 0.6 is 0 Å². The Hall–Kier alpha value is -2.24. The summed E-state index contributed by atoms with van der Waals surface area (Å²) in [4.78, 5) is 2.51. The van der Waals surface area contributed by atoms with Crippen molar-refractivity contribution in [3.05, 3.63) is 52.6 Å². The third-order valence-corrected chi connectivity index (χ3v) is 5.11. The molecule has 1 aliphatic heterocycles. The van der Waals surface area contributed by atoms with E-state index in [2.05, 4.69) is 48.3 Å². The topological polar surface area (TPSA) is 43.0 Å². The molecule has 1 fully saturated rings. The smallest absolute Gasteiger partial charge is 0.164 e. The Bertz CT molecular complexity index is 765. The van der Waals surface area contributed by atoms with Gasteiger partial charge in [0, 0.05) is 37.8 Å². The molecule has 1 unspecified atom stereocenters. The molecule has 1 heterocycles. The zero-order valence-electron chi connectivity index (χ0n) is 17.0. The molecule has 0 aliphatic carbocycles. The molecule has 1 atom stereocenters. The number of ether oxygens (including phenoxy) is 3. The fourth-order valence-electron chi connectivity index (χ4n) is 3.96. The third kappa shape index (κ3) is 4.20. The summed E-state index contributed by atoms with van der Waals surface area (Å²) in [5.41, 5.74) is 4.91. The van der Waals surface area contributed by atoms with Crippen molar-refractivity contribution in [2.45, 2.75) is 19.9 Å². The van der Waals surface area contributed by atoms with Gasteiger partial charge in [-0.1, -0.05) is 29.3 Å². The van der Waals surface area contributed by atoms with Crippen molar-refractivity contribution in [1.29, 1.82) is 0 Å². The van der Waals surface area contributed by atoms with Crippen molar-refractivity contribution in [3.8, 4) is 17.2 Å². The van der Waals surface area contributed by atoms with Gasteiger partial charge in [-0.25, -0.2) is 0 Å². The maximum Gasteiger partial charge on any atom is 0.164 e. The second kappa shape index (κ2) is 8.63. The van der Waals surface area contributed by atoms with Crippen molar-refractivity contribution < 1.29 is 14.2 Å². The van der Waals surface area contributed by atoms with Gasteiger partial charge in [0.1, 0.15) is 5.75 Å². The fraction of sp³-hybridized carbons (Fsp3) is 0.455. The third-order valence-electron chi connectivity index (χ3n) is 5.11. The summed E-state index contributed by atoms with van der Waals surface area (Å²) in [6, 6.07) is 10.8. The maximum absolute atomic E-state index is 5.76. The molecule has 1 N–H and O–H groups in total. The van der Waals surface area contributed by atoms with Crippen LogP contribution in [0.2, 0.25) is 0 Å². The molecule has 2 aromatic carbocycles. The van der Waals surface area contributed by atoms with Gasteiger partial charge < -0.3 is 19.5 Å². The van der Waals surface area contributed by atoms with Gasteiger partial charge >= 0.3 is 0 Å². The second-order valence-corrected chi connectivity index (χ2v) is 7.06. The van der Waals surface area contributed by atoms with E-state index >= 15 is 0 Å². The lowest BCUT2D eigenvalue weighted by Gasteiger charge is -2.36. The summed E-state index contributed by atoms with van der Waals surface area (Å²) in [5.74, 6) is 2.21. The van der Waals surface area contributed by atoms with E-state index in [1.165, 1.54) is 16.7 Å². The van der Waals surface area contributed by atoms with Gasteiger partial charge in [-0.05, 0) is 25.5 Å². The van der Waals surface area contributed by atoms with E-state index < -0.39 is 0 Å². The molecule has 2 aromatic rings. The van der Waals surface area contributed by atoms with Gasteiger partial charge in [0.2, 0.25) is 0 Å². The number of nitrogens with one attached hydrogen (secondary N) is 1. The first-order chi connectivity index (χ1) is 13.1. The summed E-state index contributed by atoms with van der Waals surface area (Å²) in [7, 11) is 5.03. The predicted molar refractivity (Wildman–Crippen MR) is 108 cm³/mol. The average Bonchev–Trinajstić information content (AvgIpc) is 2.67. The molecule has 0 radical (unpaired) electrons. The largest absolute Gasteiger partial charge is 0.496 e. The standard InChI is InChI=1S/C22H30N2O3/c1-15-10-16(2)12-17(11-15)22(24-8-6-23-7-9-24)18-13-20(26-4)21(27-5)14-19(18)25-3/h10-14,22-23H,6-9H2,1-5H3. The van der Waals surface area contributed by atoms with E-state index in [9.17, 15) is 0 Å². The average molecular weight is 370 g/mol. The summed E-state index contributed by atoms with van der Waals surface area (Å²) < 4.78 is 16.8. The Morgan fingerprint density at radius 3 is 1.89 bits per heavy atom. The van der Waals surface area contributed by atoms with E-state index in [1.54, 1.807) is 21.3 Å². The van der Waals surface area contributed by atoms with Crippen molar-refractivity contribution in [3.63, 3.8) is 0 Å². The summed E-state index contributed by atoms with van der Waals surface area (Å²) in [5, 5.41) is 3.45. The molecule has 0 spiro atoms. The Kier molecular flexibility index (Phi) is 6.24. The molecule has 1 saturated heterocycles. The fourth-order valence-corrected chi connectivity index (χ4v) is 3.96. The van der Waals surface area contributed by atoms with Gasteiger partial charge in [-0.2, -0.15) is 0 Å². The van der Waals surface area contributed by atoms with Crippen LogP contribution in [0.1, 0.15) is 28.3 Å². The Morgan fingerprint density at radius 2 is 1.33 bits per heavy atom. The first-order valence-electron chi connectivity index (χ1n) is 9.40. The van der Waals surface area contributed by atoms with Crippen LogP contribution in [0.4, 0.5) is 0 Å². The number of benzene rings is 2. The van der Waals surface area contributed by atoms with Crippen molar-refractivity contribution in [2.75, 3.05) is 47.5 Å². The van der Waals surface area contributed by atoms with Gasteiger partial charge in [0.15, 0.2) is 11.5 Å². The SMILES string of the molecule is COc1cc(OC)c(C(c2cc(C)cc(C)c2)N2CCNCC2)cc1OC. The lowest BCUT2D eigenvalue weighted by atomic mass is 9.92. The summed E-state index contributed by atoms with van der Waals surface area (Å²) >= 11 is 0. The predicted octanol–water partition coefficient (Wildman–Crippen LogP) is 3.32. The monoisotopic (exact) mass is 370 g/mol. The number of hydrogen-bond acceptors (Lipinski definition) is 5. The van der Waals surface area contributed by atoms with Gasteiger partial charge in [0.05, 0.1) is 27.4 Å². The number of nitrogens with zero attached hydrogens (tertiary/aromatic N) is 1. The highest BCUT2D eigenvalue weighted by Crippen LogP contribution is 2.42. The zero-order chi connectivity index (χ0) is 19.4. The van der Waals surface area contributed by atoms with Crippen LogP contribution in [-0.4, -0.2) is 52.4 Å². The minimum Gasteiger partial charge on any atom is -0.496 e. The number of hydrogen-bond donors (Lipinski definition) is 1.